The normalized spacial score (nSPS) is 15.4. The fourth-order valence-electron chi connectivity index (χ4n) is 2.79. The van der Waals surface area contributed by atoms with Crippen molar-refractivity contribution in [3.63, 3.8) is 0 Å². The minimum atomic E-state index is 0.693. The monoisotopic (exact) mass is 346 g/mol. The Morgan fingerprint density at radius 1 is 1.09 bits per heavy atom. The van der Waals surface area contributed by atoms with Crippen LogP contribution in [0, 0.1) is 6.92 Å². The van der Waals surface area contributed by atoms with Gasteiger partial charge in [0.1, 0.15) is 18.0 Å². The second-order valence-corrected chi connectivity index (χ2v) is 6.62. The molecule has 2 aromatic heterocycles. The first-order valence-corrected chi connectivity index (χ1v) is 8.56. The topological polar surface area (TPSA) is 58.0 Å². The van der Waals surface area contributed by atoms with Crippen molar-refractivity contribution >= 4 is 45.0 Å². The predicted octanol–water partition coefficient (Wildman–Crippen LogP) is 2.77. The summed E-state index contributed by atoms with van der Waals surface area (Å²) < 4.78 is 4.26. The van der Waals surface area contributed by atoms with Gasteiger partial charge in [-0.05, 0) is 25.1 Å². The number of halogens is 1. The minimum absolute atomic E-state index is 0.693. The SMILES string of the molecule is Cc1nsc(N2CCN(c3ncnc4cc(Cl)ccc34)CC2)n1. The molecule has 1 aliphatic rings. The number of aryl methyl sites for hydroxylation is 1. The first kappa shape index (κ1) is 14.6. The fourth-order valence-corrected chi connectivity index (χ4v) is 3.68. The van der Waals surface area contributed by atoms with Gasteiger partial charge in [0, 0.05) is 48.1 Å². The Hall–Kier alpha value is -1.99. The van der Waals surface area contributed by atoms with Gasteiger partial charge in [0.25, 0.3) is 0 Å². The second kappa shape index (κ2) is 5.90. The Balaban J connectivity index is 1.57. The summed E-state index contributed by atoms with van der Waals surface area (Å²) in [4.78, 5) is 17.8. The third kappa shape index (κ3) is 2.82. The van der Waals surface area contributed by atoms with E-state index in [0.29, 0.717) is 5.02 Å². The van der Waals surface area contributed by atoms with Crippen LogP contribution in [0.1, 0.15) is 5.82 Å². The van der Waals surface area contributed by atoms with Crippen molar-refractivity contribution in [3.8, 4) is 0 Å². The van der Waals surface area contributed by atoms with E-state index in [-0.39, 0.29) is 0 Å². The van der Waals surface area contributed by atoms with Gasteiger partial charge in [-0.15, -0.1) is 0 Å². The van der Waals surface area contributed by atoms with Crippen LogP contribution in [-0.2, 0) is 0 Å². The number of benzene rings is 1. The number of aromatic nitrogens is 4. The van der Waals surface area contributed by atoms with Crippen LogP contribution in [0.2, 0.25) is 5.02 Å². The molecule has 0 amide bonds. The lowest BCUT2D eigenvalue weighted by atomic mass is 10.2. The number of piperazine rings is 1. The van der Waals surface area contributed by atoms with Gasteiger partial charge in [-0.1, -0.05) is 11.6 Å². The molecule has 0 bridgehead atoms. The highest BCUT2D eigenvalue weighted by molar-refractivity contribution is 7.09. The maximum absolute atomic E-state index is 6.05. The molecule has 0 unspecified atom stereocenters. The van der Waals surface area contributed by atoms with Crippen molar-refractivity contribution in [2.45, 2.75) is 6.92 Å². The Morgan fingerprint density at radius 2 is 1.87 bits per heavy atom. The molecule has 1 saturated heterocycles. The molecule has 3 heterocycles. The molecule has 0 aliphatic carbocycles. The molecular weight excluding hydrogens is 332 g/mol. The number of nitrogens with zero attached hydrogens (tertiary/aromatic N) is 6. The Kier molecular flexibility index (Phi) is 3.74. The molecule has 1 aromatic carbocycles. The number of anilines is 2. The van der Waals surface area contributed by atoms with Crippen LogP contribution in [0.15, 0.2) is 24.5 Å². The minimum Gasteiger partial charge on any atom is -0.352 e. The van der Waals surface area contributed by atoms with Crippen molar-refractivity contribution in [2.24, 2.45) is 0 Å². The van der Waals surface area contributed by atoms with Gasteiger partial charge in [0.2, 0.25) is 5.13 Å². The lowest BCUT2D eigenvalue weighted by Crippen LogP contribution is -2.46. The van der Waals surface area contributed by atoms with Crippen LogP contribution in [0.3, 0.4) is 0 Å². The number of hydrogen-bond acceptors (Lipinski definition) is 7. The summed E-state index contributed by atoms with van der Waals surface area (Å²) in [6, 6.07) is 5.76. The molecule has 3 aromatic rings. The molecule has 118 valence electrons. The molecule has 0 spiro atoms. The smallest absolute Gasteiger partial charge is 0.205 e. The zero-order valence-electron chi connectivity index (χ0n) is 12.6. The van der Waals surface area contributed by atoms with Gasteiger partial charge in [-0.2, -0.15) is 4.37 Å². The lowest BCUT2D eigenvalue weighted by Gasteiger charge is -2.35. The zero-order chi connectivity index (χ0) is 15.8. The molecule has 0 radical (unpaired) electrons. The van der Waals surface area contributed by atoms with Crippen molar-refractivity contribution in [1.82, 2.24) is 19.3 Å². The van der Waals surface area contributed by atoms with E-state index < -0.39 is 0 Å². The third-order valence-corrected chi connectivity index (χ3v) is 5.05. The van der Waals surface area contributed by atoms with Crippen molar-refractivity contribution < 1.29 is 0 Å². The first-order valence-electron chi connectivity index (χ1n) is 7.41. The van der Waals surface area contributed by atoms with Crippen LogP contribution in [0.4, 0.5) is 10.9 Å². The standard InChI is InChI=1S/C15H15ClN6S/c1-10-19-15(23-20-10)22-6-4-21(5-7-22)14-12-3-2-11(16)8-13(12)17-9-18-14/h2-3,8-9H,4-7H2,1H3. The highest BCUT2D eigenvalue weighted by Crippen LogP contribution is 2.27. The summed E-state index contributed by atoms with van der Waals surface area (Å²) in [6.07, 6.45) is 1.61. The van der Waals surface area contributed by atoms with Crippen molar-refractivity contribution in [1.29, 1.82) is 0 Å². The Bertz CT molecular complexity index is 843. The average molecular weight is 347 g/mol. The second-order valence-electron chi connectivity index (χ2n) is 5.46. The van der Waals surface area contributed by atoms with E-state index in [9.17, 15) is 0 Å². The van der Waals surface area contributed by atoms with Gasteiger partial charge in [0.15, 0.2) is 0 Å². The predicted molar refractivity (Wildman–Crippen MR) is 93.6 cm³/mol. The molecule has 23 heavy (non-hydrogen) atoms. The van der Waals surface area contributed by atoms with Crippen molar-refractivity contribution in [2.75, 3.05) is 36.0 Å². The highest BCUT2D eigenvalue weighted by Gasteiger charge is 2.22. The molecule has 1 fully saturated rings. The first-order chi connectivity index (χ1) is 11.2. The van der Waals surface area contributed by atoms with Crippen LogP contribution in [0.5, 0.6) is 0 Å². The fraction of sp³-hybridized carbons (Fsp3) is 0.333. The van der Waals surface area contributed by atoms with Gasteiger partial charge in [-0.3, -0.25) is 0 Å². The van der Waals surface area contributed by atoms with E-state index in [4.69, 9.17) is 11.6 Å². The summed E-state index contributed by atoms with van der Waals surface area (Å²) in [5.74, 6) is 1.81. The van der Waals surface area contributed by atoms with Crippen LogP contribution in [-0.4, -0.2) is 45.5 Å². The summed E-state index contributed by atoms with van der Waals surface area (Å²) in [6.45, 7) is 5.54. The lowest BCUT2D eigenvalue weighted by molar-refractivity contribution is 0.647. The Morgan fingerprint density at radius 3 is 2.61 bits per heavy atom. The van der Waals surface area contributed by atoms with Crippen molar-refractivity contribution in [3.05, 3.63) is 35.4 Å². The van der Waals surface area contributed by atoms with E-state index in [1.165, 1.54) is 11.5 Å². The average Bonchev–Trinajstić information content (AvgIpc) is 3.01. The molecule has 1 aliphatic heterocycles. The molecule has 6 nitrogen and oxygen atoms in total. The molecule has 8 heteroatoms. The van der Waals surface area contributed by atoms with Crippen LogP contribution in [0.25, 0.3) is 10.9 Å². The summed E-state index contributed by atoms with van der Waals surface area (Å²) >= 11 is 7.52. The van der Waals surface area contributed by atoms with E-state index >= 15 is 0 Å². The molecule has 0 atom stereocenters. The summed E-state index contributed by atoms with van der Waals surface area (Å²) in [5, 5.41) is 2.73. The quantitative estimate of drug-likeness (QED) is 0.711. The van der Waals surface area contributed by atoms with Gasteiger partial charge in [-0.25, -0.2) is 15.0 Å². The molecular formula is C15H15ClN6S. The van der Waals surface area contributed by atoms with E-state index in [1.54, 1.807) is 6.33 Å². The highest BCUT2D eigenvalue weighted by atomic mass is 35.5. The third-order valence-electron chi connectivity index (χ3n) is 3.94. The summed E-state index contributed by atoms with van der Waals surface area (Å²) in [5.41, 5.74) is 0.879. The van der Waals surface area contributed by atoms with E-state index in [2.05, 4.69) is 29.1 Å². The number of fused-ring (bicyclic) bond motifs is 1. The number of rotatable bonds is 2. The van der Waals surface area contributed by atoms with Gasteiger partial charge in [0.05, 0.1) is 5.52 Å². The largest absolute Gasteiger partial charge is 0.352 e. The van der Waals surface area contributed by atoms with Crippen LogP contribution >= 0.6 is 23.1 Å². The van der Waals surface area contributed by atoms with E-state index in [0.717, 1.165) is 53.9 Å². The molecule has 0 saturated carbocycles. The maximum atomic E-state index is 6.05. The molecule has 4 rings (SSSR count). The summed E-state index contributed by atoms with van der Waals surface area (Å²) in [7, 11) is 0. The number of hydrogen-bond donors (Lipinski definition) is 0. The Labute approximate surface area is 142 Å². The maximum Gasteiger partial charge on any atom is 0.205 e. The van der Waals surface area contributed by atoms with Crippen LogP contribution < -0.4 is 9.80 Å². The van der Waals surface area contributed by atoms with Gasteiger partial charge < -0.3 is 9.80 Å². The van der Waals surface area contributed by atoms with E-state index in [1.807, 2.05) is 25.1 Å². The molecule has 0 N–H and O–H groups in total. The van der Waals surface area contributed by atoms with Gasteiger partial charge >= 0.3 is 0 Å². The zero-order valence-corrected chi connectivity index (χ0v) is 14.2.